The van der Waals surface area contributed by atoms with E-state index < -0.39 is 0 Å². The molecule has 0 aliphatic carbocycles. The van der Waals surface area contributed by atoms with E-state index >= 15 is 0 Å². The van der Waals surface area contributed by atoms with Crippen LogP contribution >= 0.6 is 58.0 Å². The average molecular weight is 385 g/mol. The first-order chi connectivity index (χ1) is 9.92. The first kappa shape index (κ1) is 16.7. The minimum atomic E-state index is 0.0634. The summed E-state index contributed by atoms with van der Waals surface area (Å²) in [7, 11) is 1.40. The van der Waals surface area contributed by atoms with Gasteiger partial charge in [0.15, 0.2) is 6.29 Å². The molecule has 0 aliphatic rings. The van der Waals surface area contributed by atoms with Crippen molar-refractivity contribution in [3.63, 3.8) is 0 Å². The summed E-state index contributed by atoms with van der Waals surface area (Å²) in [5.74, 6) is 0.165. The number of nitrogens with zero attached hydrogens (tertiary/aromatic N) is 1. The summed E-state index contributed by atoms with van der Waals surface area (Å²) in [4.78, 5) is 14.8. The number of ether oxygens (including phenoxy) is 1. The van der Waals surface area contributed by atoms with Crippen molar-refractivity contribution >= 4 is 64.3 Å². The fourth-order valence-electron chi connectivity index (χ4n) is 1.71. The monoisotopic (exact) mass is 383 g/mol. The molecule has 0 radical (unpaired) electrons. The lowest BCUT2D eigenvalue weighted by Crippen LogP contribution is -1.97. The smallest absolute Gasteiger partial charge is 0.221 e. The minimum absolute atomic E-state index is 0.0634. The van der Waals surface area contributed by atoms with Crippen molar-refractivity contribution in [2.24, 2.45) is 0 Å². The summed E-state index contributed by atoms with van der Waals surface area (Å²) in [5.41, 5.74) is 0.979. The zero-order valence-corrected chi connectivity index (χ0v) is 14.2. The van der Waals surface area contributed by atoms with Gasteiger partial charge in [-0.3, -0.25) is 4.79 Å². The van der Waals surface area contributed by atoms with Crippen molar-refractivity contribution in [3.05, 3.63) is 42.9 Å². The Bertz CT molecular complexity index is 704. The van der Waals surface area contributed by atoms with Crippen LogP contribution < -0.4 is 4.74 Å². The molecule has 2 rings (SSSR count). The molecule has 0 saturated heterocycles. The molecule has 0 spiro atoms. The Kier molecular flexibility index (Phi) is 5.23. The molecule has 0 saturated carbocycles. The highest BCUT2D eigenvalue weighted by atomic mass is 35.5. The topological polar surface area (TPSA) is 39.2 Å². The standard InChI is InChI=1S/C13H6Cl5NO2/c1-21-13-6(3-2-5(4-20)19-13)7-8(14)10(16)12(18)11(17)9(7)15/h2-4H,1H3. The van der Waals surface area contributed by atoms with Crippen LogP contribution in [0.25, 0.3) is 11.1 Å². The van der Waals surface area contributed by atoms with Crippen LogP contribution in [-0.2, 0) is 0 Å². The van der Waals surface area contributed by atoms with Crippen molar-refractivity contribution in [1.82, 2.24) is 4.98 Å². The van der Waals surface area contributed by atoms with Crippen molar-refractivity contribution in [2.75, 3.05) is 7.11 Å². The minimum Gasteiger partial charge on any atom is -0.481 e. The van der Waals surface area contributed by atoms with Gasteiger partial charge in [-0.05, 0) is 12.1 Å². The molecule has 2 aromatic rings. The molecule has 1 aromatic carbocycles. The quantitative estimate of drug-likeness (QED) is 0.379. The van der Waals surface area contributed by atoms with Gasteiger partial charge in [0.1, 0.15) is 5.69 Å². The Morgan fingerprint density at radius 2 is 1.48 bits per heavy atom. The number of hydrogen-bond donors (Lipinski definition) is 0. The highest BCUT2D eigenvalue weighted by molar-refractivity contribution is 6.56. The molecule has 0 aliphatic heterocycles. The molecule has 21 heavy (non-hydrogen) atoms. The maximum Gasteiger partial charge on any atom is 0.221 e. The number of carbonyl (C=O) groups is 1. The van der Waals surface area contributed by atoms with Gasteiger partial charge in [0.25, 0.3) is 0 Å². The van der Waals surface area contributed by atoms with Gasteiger partial charge in [-0.25, -0.2) is 4.98 Å². The van der Waals surface area contributed by atoms with E-state index in [9.17, 15) is 4.79 Å². The summed E-state index contributed by atoms with van der Waals surface area (Å²) in [5, 5.41) is 0.451. The molecule has 1 aromatic heterocycles. The zero-order chi connectivity index (χ0) is 15.7. The third-order valence-electron chi connectivity index (χ3n) is 2.68. The highest BCUT2D eigenvalue weighted by Gasteiger charge is 2.23. The maximum atomic E-state index is 10.8. The van der Waals surface area contributed by atoms with E-state index in [0.717, 1.165) is 0 Å². The van der Waals surface area contributed by atoms with E-state index in [2.05, 4.69) is 4.98 Å². The number of aldehydes is 1. The summed E-state index contributed by atoms with van der Waals surface area (Å²) in [6.07, 6.45) is 0.595. The Hall–Kier alpha value is -0.710. The second kappa shape index (κ2) is 6.59. The van der Waals surface area contributed by atoms with Crippen LogP contribution in [0, 0.1) is 0 Å². The number of halogens is 5. The predicted octanol–water partition coefficient (Wildman–Crippen LogP) is 5.84. The van der Waals surface area contributed by atoms with Crippen molar-refractivity contribution < 1.29 is 9.53 Å². The Morgan fingerprint density at radius 3 is 1.95 bits per heavy atom. The van der Waals surface area contributed by atoms with Gasteiger partial charge >= 0.3 is 0 Å². The molecule has 0 fully saturated rings. The molecule has 0 atom stereocenters. The van der Waals surface area contributed by atoms with Crippen LogP contribution in [0.3, 0.4) is 0 Å². The summed E-state index contributed by atoms with van der Waals surface area (Å²) in [6.45, 7) is 0. The number of carbonyl (C=O) groups excluding carboxylic acids is 1. The lowest BCUT2D eigenvalue weighted by molar-refractivity contribution is 0.111. The third kappa shape index (κ3) is 2.94. The molecule has 0 N–H and O–H groups in total. The van der Waals surface area contributed by atoms with Gasteiger partial charge in [-0.15, -0.1) is 0 Å². The fraction of sp³-hybridized carbons (Fsp3) is 0.0769. The van der Waals surface area contributed by atoms with Gasteiger partial charge < -0.3 is 4.74 Å². The maximum absolute atomic E-state index is 10.8. The molecule has 0 unspecified atom stereocenters. The summed E-state index contributed by atoms with van der Waals surface area (Å²) < 4.78 is 5.16. The average Bonchev–Trinajstić information content (AvgIpc) is 2.51. The number of methoxy groups -OCH3 is 1. The zero-order valence-electron chi connectivity index (χ0n) is 10.4. The highest BCUT2D eigenvalue weighted by Crippen LogP contribution is 2.49. The Morgan fingerprint density at radius 1 is 0.952 bits per heavy atom. The van der Waals surface area contributed by atoms with E-state index in [1.54, 1.807) is 6.07 Å². The normalized spacial score (nSPS) is 10.6. The van der Waals surface area contributed by atoms with Gasteiger partial charge in [0.2, 0.25) is 5.88 Å². The Labute approximate surface area is 145 Å². The number of rotatable bonds is 3. The van der Waals surface area contributed by atoms with Crippen LogP contribution in [0.15, 0.2) is 12.1 Å². The largest absolute Gasteiger partial charge is 0.481 e. The van der Waals surface area contributed by atoms with Gasteiger partial charge in [0, 0.05) is 11.1 Å². The molecule has 0 bridgehead atoms. The number of pyridine rings is 1. The predicted molar refractivity (Wildman–Crippen MR) is 86.7 cm³/mol. The van der Waals surface area contributed by atoms with Crippen LogP contribution in [0.5, 0.6) is 5.88 Å². The molecule has 0 amide bonds. The van der Waals surface area contributed by atoms with Crippen molar-refractivity contribution in [1.29, 1.82) is 0 Å². The van der Waals surface area contributed by atoms with Crippen LogP contribution in [0.4, 0.5) is 0 Å². The summed E-state index contributed by atoms with van der Waals surface area (Å²) >= 11 is 30.4. The van der Waals surface area contributed by atoms with Gasteiger partial charge in [0.05, 0.1) is 32.2 Å². The number of benzene rings is 1. The fourth-order valence-corrected chi connectivity index (χ4v) is 3.05. The molecular formula is C13H6Cl5NO2. The SMILES string of the molecule is COc1nc(C=O)ccc1-c1c(Cl)c(Cl)c(Cl)c(Cl)c1Cl. The molecule has 3 nitrogen and oxygen atoms in total. The second-order valence-electron chi connectivity index (χ2n) is 3.86. The van der Waals surface area contributed by atoms with Gasteiger partial charge in [-0.2, -0.15) is 0 Å². The number of hydrogen-bond acceptors (Lipinski definition) is 3. The molecule has 8 heteroatoms. The first-order valence-corrected chi connectivity index (χ1v) is 7.33. The van der Waals surface area contributed by atoms with Crippen molar-refractivity contribution in [3.8, 4) is 17.0 Å². The van der Waals surface area contributed by atoms with Crippen LogP contribution in [0.2, 0.25) is 25.1 Å². The second-order valence-corrected chi connectivity index (χ2v) is 5.75. The van der Waals surface area contributed by atoms with E-state index in [1.165, 1.54) is 13.2 Å². The van der Waals surface area contributed by atoms with Crippen LogP contribution in [0.1, 0.15) is 10.5 Å². The van der Waals surface area contributed by atoms with E-state index in [1.807, 2.05) is 0 Å². The first-order valence-electron chi connectivity index (χ1n) is 5.44. The van der Waals surface area contributed by atoms with E-state index in [4.69, 9.17) is 62.7 Å². The summed E-state index contributed by atoms with van der Waals surface area (Å²) in [6, 6.07) is 3.08. The molecule has 110 valence electrons. The van der Waals surface area contributed by atoms with E-state index in [0.29, 0.717) is 17.4 Å². The van der Waals surface area contributed by atoms with Crippen LogP contribution in [-0.4, -0.2) is 18.4 Å². The molecular weight excluding hydrogens is 379 g/mol. The van der Waals surface area contributed by atoms with Gasteiger partial charge in [-0.1, -0.05) is 58.0 Å². The number of aromatic nitrogens is 1. The van der Waals surface area contributed by atoms with Crippen molar-refractivity contribution in [2.45, 2.75) is 0 Å². The third-order valence-corrected chi connectivity index (χ3v) is 4.95. The molecule has 1 heterocycles. The Balaban J connectivity index is 2.82. The lowest BCUT2D eigenvalue weighted by Gasteiger charge is -2.14. The van der Waals surface area contributed by atoms with E-state index in [-0.39, 0.29) is 36.7 Å². The lowest BCUT2D eigenvalue weighted by atomic mass is 10.1.